The van der Waals surface area contributed by atoms with Gasteiger partial charge < -0.3 is 5.32 Å². The molecular weight excluding hydrogens is 285 g/mol. The number of halogens is 2. The van der Waals surface area contributed by atoms with Crippen LogP contribution in [0.5, 0.6) is 0 Å². The lowest BCUT2D eigenvalue weighted by atomic mass is 9.91. The van der Waals surface area contributed by atoms with Crippen molar-refractivity contribution in [2.75, 3.05) is 6.54 Å². The highest BCUT2D eigenvalue weighted by Gasteiger charge is 2.37. The summed E-state index contributed by atoms with van der Waals surface area (Å²) in [6, 6.07) is 4.22. The van der Waals surface area contributed by atoms with E-state index in [0.717, 1.165) is 28.8 Å². The zero-order valence-corrected chi connectivity index (χ0v) is 13.3. The first-order valence-corrected chi connectivity index (χ1v) is 8.05. The van der Waals surface area contributed by atoms with Crippen LogP contribution in [0.4, 0.5) is 0 Å². The number of hydrogen-bond acceptors (Lipinski definition) is 2. The van der Waals surface area contributed by atoms with E-state index in [2.05, 4.69) is 32.2 Å². The molecule has 0 aliphatic carbocycles. The lowest BCUT2D eigenvalue weighted by molar-refractivity contribution is 0.439. The van der Waals surface area contributed by atoms with Crippen molar-refractivity contribution in [2.24, 2.45) is 0 Å². The van der Waals surface area contributed by atoms with Crippen LogP contribution in [0.1, 0.15) is 44.4 Å². The zero-order chi connectivity index (χ0) is 13.3. The van der Waals surface area contributed by atoms with Crippen molar-refractivity contribution in [2.45, 2.75) is 43.7 Å². The Kier molecular flexibility index (Phi) is 4.53. The van der Waals surface area contributed by atoms with Crippen LogP contribution < -0.4 is 5.32 Å². The molecule has 2 rings (SSSR count). The second-order valence-corrected chi connectivity index (χ2v) is 7.71. The van der Waals surface area contributed by atoms with E-state index in [9.17, 15) is 0 Å². The number of thioether (sulfide) groups is 1. The average Bonchev–Trinajstić information content (AvgIpc) is 2.26. The van der Waals surface area contributed by atoms with Crippen molar-refractivity contribution in [3.05, 3.63) is 33.3 Å². The fraction of sp³-hybridized carbons (Fsp3) is 0.571. The van der Waals surface area contributed by atoms with Gasteiger partial charge in [-0.3, -0.25) is 0 Å². The normalized spacial score (nSPS) is 21.7. The molecule has 1 atom stereocenters. The maximum Gasteiger partial charge on any atom is 0.0468 e. The molecule has 0 aromatic heterocycles. The zero-order valence-electron chi connectivity index (χ0n) is 11.0. The van der Waals surface area contributed by atoms with Gasteiger partial charge in [0.1, 0.15) is 0 Å². The third-order valence-corrected chi connectivity index (χ3v) is 5.36. The summed E-state index contributed by atoms with van der Waals surface area (Å²) in [7, 11) is 0. The summed E-state index contributed by atoms with van der Waals surface area (Å²) < 4.78 is 0.163. The Morgan fingerprint density at radius 2 is 2.11 bits per heavy atom. The van der Waals surface area contributed by atoms with Gasteiger partial charge in [-0.2, -0.15) is 0 Å². The third-order valence-electron chi connectivity index (χ3n) is 3.39. The van der Waals surface area contributed by atoms with Gasteiger partial charge in [0.2, 0.25) is 0 Å². The summed E-state index contributed by atoms with van der Waals surface area (Å²) in [5.41, 5.74) is 2.50. The van der Waals surface area contributed by atoms with Gasteiger partial charge in [0.05, 0.1) is 0 Å². The Balaban J connectivity index is 2.43. The molecule has 0 saturated carbocycles. The molecule has 1 aliphatic heterocycles. The van der Waals surface area contributed by atoms with Crippen molar-refractivity contribution in [1.29, 1.82) is 0 Å². The van der Waals surface area contributed by atoms with Crippen LogP contribution in [0.25, 0.3) is 0 Å². The maximum atomic E-state index is 6.31. The van der Waals surface area contributed by atoms with E-state index < -0.39 is 0 Å². The largest absolute Gasteiger partial charge is 0.309 e. The number of hydrogen-bond donors (Lipinski definition) is 1. The number of benzene rings is 1. The minimum atomic E-state index is 0.163. The molecule has 1 aromatic carbocycles. The highest BCUT2D eigenvalue weighted by molar-refractivity contribution is 8.00. The van der Waals surface area contributed by atoms with Crippen molar-refractivity contribution in [3.63, 3.8) is 0 Å². The highest BCUT2D eigenvalue weighted by atomic mass is 35.5. The first kappa shape index (κ1) is 14.5. The van der Waals surface area contributed by atoms with Crippen molar-refractivity contribution < 1.29 is 0 Å². The predicted molar refractivity (Wildman–Crippen MR) is 82.9 cm³/mol. The van der Waals surface area contributed by atoms with Gasteiger partial charge in [-0.05, 0) is 50.1 Å². The van der Waals surface area contributed by atoms with E-state index in [1.165, 1.54) is 11.1 Å². The molecule has 0 amide bonds. The quantitative estimate of drug-likeness (QED) is 0.837. The lowest BCUT2D eigenvalue weighted by Crippen LogP contribution is -2.40. The second kappa shape index (κ2) is 5.62. The number of nitrogens with one attached hydrogen (secondary N) is 1. The summed E-state index contributed by atoms with van der Waals surface area (Å²) in [4.78, 5) is 0. The molecule has 0 bridgehead atoms. The van der Waals surface area contributed by atoms with Crippen molar-refractivity contribution in [1.82, 2.24) is 5.32 Å². The molecule has 1 aromatic rings. The molecule has 1 N–H and O–H groups in total. The molecule has 100 valence electrons. The maximum absolute atomic E-state index is 6.31. The Hall–Kier alpha value is 0.110. The van der Waals surface area contributed by atoms with Gasteiger partial charge in [0.15, 0.2) is 0 Å². The van der Waals surface area contributed by atoms with Crippen LogP contribution in [-0.2, 0) is 5.75 Å². The predicted octanol–water partition coefficient (Wildman–Crippen LogP) is 5.06. The molecule has 0 saturated heterocycles. The molecule has 0 fully saturated rings. The topological polar surface area (TPSA) is 12.0 Å². The van der Waals surface area contributed by atoms with Crippen molar-refractivity contribution in [3.8, 4) is 0 Å². The average molecular weight is 304 g/mol. The minimum Gasteiger partial charge on any atom is -0.309 e. The highest BCUT2D eigenvalue weighted by Crippen LogP contribution is 2.48. The van der Waals surface area contributed by atoms with Crippen LogP contribution in [0.3, 0.4) is 0 Å². The van der Waals surface area contributed by atoms with E-state index in [-0.39, 0.29) is 4.75 Å². The molecular formula is C14H19Cl2NS. The first-order valence-electron chi connectivity index (χ1n) is 6.31. The molecule has 4 heteroatoms. The molecule has 0 radical (unpaired) electrons. The summed E-state index contributed by atoms with van der Waals surface area (Å²) in [5.74, 6) is 0.961. The standard InChI is InChI=1S/C14H19Cl2NS/c1-4-5-17-13-10-6-9(15)7-12(16)11(10)8-18-14(13,2)3/h6-7,13,17H,4-5,8H2,1-3H3. The lowest BCUT2D eigenvalue weighted by Gasteiger charge is -2.40. The second-order valence-electron chi connectivity index (χ2n) is 5.23. The van der Waals surface area contributed by atoms with Gasteiger partial charge in [-0.15, -0.1) is 11.8 Å². The summed E-state index contributed by atoms with van der Waals surface area (Å²) >= 11 is 14.4. The number of fused-ring (bicyclic) bond motifs is 1. The van der Waals surface area contributed by atoms with Crippen LogP contribution in [0, 0.1) is 0 Å². The minimum absolute atomic E-state index is 0.163. The van der Waals surface area contributed by atoms with E-state index in [4.69, 9.17) is 23.2 Å². The number of rotatable bonds is 3. The van der Waals surface area contributed by atoms with Crippen molar-refractivity contribution >= 4 is 35.0 Å². The van der Waals surface area contributed by atoms with Crippen LogP contribution in [0.2, 0.25) is 10.0 Å². The van der Waals surface area contributed by atoms with Gasteiger partial charge in [0, 0.05) is 26.6 Å². The fourth-order valence-electron chi connectivity index (χ4n) is 2.39. The smallest absolute Gasteiger partial charge is 0.0468 e. The van der Waals surface area contributed by atoms with Crippen LogP contribution in [0.15, 0.2) is 12.1 Å². The molecule has 1 nitrogen and oxygen atoms in total. The molecule has 18 heavy (non-hydrogen) atoms. The monoisotopic (exact) mass is 303 g/mol. The van der Waals surface area contributed by atoms with Crippen LogP contribution >= 0.6 is 35.0 Å². The Morgan fingerprint density at radius 3 is 2.78 bits per heavy atom. The fourth-order valence-corrected chi connectivity index (χ4v) is 4.26. The molecule has 1 heterocycles. The first-order chi connectivity index (χ1) is 8.45. The van der Waals surface area contributed by atoms with E-state index in [1.54, 1.807) is 0 Å². The van der Waals surface area contributed by atoms with E-state index >= 15 is 0 Å². The Bertz CT molecular complexity index is 446. The summed E-state index contributed by atoms with van der Waals surface area (Å²) in [6.07, 6.45) is 1.13. The molecule has 1 unspecified atom stereocenters. The van der Waals surface area contributed by atoms with Crippen LogP contribution in [-0.4, -0.2) is 11.3 Å². The Morgan fingerprint density at radius 1 is 1.39 bits per heavy atom. The van der Waals surface area contributed by atoms with Gasteiger partial charge in [0.25, 0.3) is 0 Å². The summed E-state index contributed by atoms with van der Waals surface area (Å²) in [6.45, 7) is 7.76. The summed E-state index contributed by atoms with van der Waals surface area (Å²) in [5, 5.41) is 5.16. The van der Waals surface area contributed by atoms with Gasteiger partial charge in [-0.25, -0.2) is 0 Å². The Labute approximate surface area is 124 Å². The molecule has 1 aliphatic rings. The van der Waals surface area contributed by atoms with E-state index in [1.807, 2.05) is 17.8 Å². The van der Waals surface area contributed by atoms with E-state index in [0.29, 0.717) is 6.04 Å². The molecule has 0 spiro atoms. The van der Waals surface area contributed by atoms with Gasteiger partial charge >= 0.3 is 0 Å². The van der Waals surface area contributed by atoms with Gasteiger partial charge in [-0.1, -0.05) is 30.1 Å². The SMILES string of the molecule is CCCNC1c2cc(Cl)cc(Cl)c2CSC1(C)C. The third kappa shape index (κ3) is 2.82.